The van der Waals surface area contributed by atoms with Gasteiger partial charge in [-0.15, -0.1) is 0 Å². The van der Waals surface area contributed by atoms with Crippen LogP contribution in [0.15, 0.2) is 36.4 Å². The lowest BCUT2D eigenvalue weighted by atomic mass is 9.75. The first-order valence-electron chi connectivity index (χ1n) is 12.2. The van der Waals surface area contributed by atoms with Crippen molar-refractivity contribution in [2.24, 2.45) is 5.41 Å². The first-order valence-corrected chi connectivity index (χ1v) is 12.2. The number of alkyl halides is 2. The van der Waals surface area contributed by atoms with Gasteiger partial charge >= 0.3 is 6.09 Å². The summed E-state index contributed by atoms with van der Waals surface area (Å²) in [6, 6.07) is 5.94. The molecule has 1 fully saturated rings. The van der Waals surface area contributed by atoms with Crippen molar-refractivity contribution >= 4 is 17.4 Å². The first-order chi connectivity index (χ1) is 15.9. The van der Waals surface area contributed by atoms with Crippen LogP contribution in [-0.2, 0) is 9.47 Å². The minimum atomic E-state index is -1.06. The molecule has 1 N–H and O–H groups in total. The fraction of sp³-hybridized carbons (Fsp3) is 0.607. The Labute approximate surface area is 201 Å². The van der Waals surface area contributed by atoms with Crippen molar-refractivity contribution in [3.05, 3.63) is 47.6 Å². The van der Waals surface area contributed by atoms with Crippen molar-refractivity contribution in [3.63, 3.8) is 0 Å². The maximum atomic E-state index is 14.0. The number of hydrogen-bond donors (Lipinski definition) is 1. The Kier molecular flexibility index (Phi) is 6.43. The lowest BCUT2D eigenvalue weighted by molar-refractivity contribution is -0.145. The zero-order valence-electron chi connectivity index (χ0n) is 21.0. The molecule has 2 heterocycles. The molecule has 0 aromatic heterocycles. The van der Waals surface area contributed by atoms with E-state index in [0.717, 1.165) is 30.4 Å². The van der Waals surface area contributed by atoms with Crippen molar-refractivity contribution in [2.45, 2.75) is 89.4 Å². The van der Waals surface area contributed by atoms with E-state index >= 15 is 0 Å². The molecule has 1 aromatic rings. The minimum absolute atomic E-state index is 0.0507. The van der Waals surface area contributed by atoms with Crippen LogP contribution in [0.1, 0.15) is 83.8 Å². The zero-order chi connectivity index (χ0) is 24.8. The Bertz CT molecular complexity index is 987. The molecule has 1 saturated heterocycles. The van der Waals surface area contributed by atoms with Crippen molar-refractivity contribution in [2.75, 3.05) is 18.7 Å². The molecule has 4 rings (SSSR count). The third-order valence-electron chi connectivity index (χ3n) is 7.20. The molecule has 2 unspecified atom stereocenters. The van der Waals surface area contributed by atoms with Gasteiger partial charge in [0, 0.05) is 5.56 Å². The number of nitrogens with one attached hydrogen (secondary N) is 1. The summed E-state index contributed by atoms with van der Waals surface area (Å²) < 4.78 is 39.3. The number of anilines is 1. The Morgan fingerprint density at radius 3 is 2.32 bits per heavy atom. The van der Waals surface area contributed by atoms with Gasteiger partial charge in [-0.1, -0.05) is 38.1 Å². The van der Waals surface area contributed by atoms with E-state index in [0.29, 0.717) is 18.5 Å². The summed E-state index contributed by atoms with van der Waals surface area (Å²) in [6.45, 7) is 8.66. The number of benzene rings is 1. The van der Waals surface area contributed by atoms with E-state index in [1.807, 2.05) is 32.9 Å². The van der Waals surface area contributed by atoms with E-state index in [1.54, 1.807) is 12.2 Å². The monoisotopic (exact) mass is 473 g/mol. The lowest BCUT2D eigenvalue weighted by Gasteiger charge is -2.42. The summed E-state index contributed by atoms with van der Waals surface area (Å²) in [7, 11) is 0. The van der Waals surface area contributed by atoms with E-state index in [9.17, 15) is 13.6 Å². The summed E-state index contributed by atoms with van der Waals surface area (Å²) in [4.78, 5) is 12.5. The molecule has 0 saturated carbocycles. The maximum Gasteiger partial charge on any atom is 0.412 e. The quantitative estimate of drug-likeness (QED) is 0.450. The van der Waals surface area contributed by atoms with Gasteiger partial charge in [0.15, 0.2) is 0 Å². The van der Waals surface area contributed by atoms with Crippen LogP contribution < -0.4 is 5.32 Å². The van der Waals surface area contributed by atoms with E-state index in [1.165, 1.54) is 5.57 Å². The highest BCUT2D eigenvalue weighted by Crippen LogP contribution is 2.50. The molecule has 0 spiro atoms. The Hall–Kier alpha value is -2.21. The largest absolute Gasteiger partial charge is 0.444 e. The molecule has 2 atom stereocenters. The number of ether oxygens (including phenoxy) is 2. The number of hydrogen-bond acceptors (Lipinski definition) is 3. The van der Waals surface area contributed by atoms with Gasteiger partial charge in [-0.2, -0.15) is 0 Å². The topological polar surface area (TPSA) is 47.6 Å². The van der Waals surface area contributed by atoms with Crippen molar-refractivity contribution in [1.29, 1.82) is 0 Å². The van der Waals surface area contributed by atoms with Gasteiger partial charge in [0.2, 0.25) is 0 Å². The first kappa shape index (κ1) is 24.9. The summed E-state index contributed by atoms with van der Waals surface area (Å²) in [5, 5.41) is 2.92. The molecule has 2 bridgehead atoms. The van der Waals surface area contributed by atoms with Crippen LogP contribution in [-0.4, -0.2) is 36.2 Å². The van der Waals surface area contributed by atoms with Gasteiger partial charge in [-0.05, 0) is 87.5 Å². The van der Waals surface area contributed by atoms with Crippen molar-refractivity contribution in [1.82, 2.24) is 0 Å². The highest BCUT2D eigenvalue weighted by atomic mass is 19.1. The second kappa shape index (κ2) is 8.78. The Balaban J connectivity index is 1.68. The highest BCUT2D eigenvalue weighted by Gasteiger charge is 2.52. The maximum absolute atomic E-state index is 14.0. The van der Waals surface area contributed by atoms with E-state index in [4.69, 9.17) is 9.47 Å². The molecule has 1 amide bonds. The molecule has 34 heavy (non-hydrogen) atoms. The third kappa shape index (κ3) is 5.22. The smallest absolute Gasteiger partial charge is 0.412 e. The van der Waals surface area contributed by atoms with Gasteiger partial charge in [-0.3, -0.25) is 5.32 Å². The number of carbonyl (C=O) groups is 1. The number of carbonyl (C=O) groups excluding carboxylic acids is 1. The van der Waals surface area contributed by atoms with E-state index in [-0.39, 0.29) is 11.3 Å². The van der Waals surface area contributed by atoms with E-state index < -0.39 is 36.2 Å². The average molecular weight is 474 g/mol. The summed E-state index contributed by atoms with van der Waals surface area (Å²) in [5.41, 5.74) is 1.36. The van der Waals surface area contributed by atoms with Crippen LogP contribution >= 0.6 is 0 Å². The van der Waals surface area contributed by atoms with Gasteiger partial charge in [0.1, 0.15) is 30.2 Å². The standard InChI is InChI=1S/C28H37F2NO3/c1-25(2,3)33-24(32)31-23-7-6-20(14-22(23)19-8-10-26(4,5)11-9-19)21-15-27(17-29)12-13-28(16-21,18-30)34-27/h6-8,12-14,21H,9-11,15-18H2,1-5H3,(H,31,32). The van der Waals surface area contributed by atoms with Crippen molar-refractivity contribution in [3.8, 4) is 0 Å². The molecular weight excluding hydrogens is 436 g/mol. The average Bonchev–Trinajstić information content (AvgIpc) is 3.04. The number of fused-ring (bicyclic) bond motifs is 2. The van der Waals surface area contributed by atoms with Crippen LogP contribution in [0.3, 0.4) is 0 Å². The van der Waals surface area contributed by atoms with Gasteiger partial charge < -0.3 is 9.47 Å². The molecule has 1 aromatic carbocycles. The highest BCUT2D eigenvalue weighted by molar-refractivity contribution is 5.90. The fourth-order valence-corrected chi connectivity index (χ4v) is 5.32. The molecular formula is C28H37F2NO3. The Morgan fingerprint density at radius 1 is 1.15 bits per heavy atom. The molecule has 6 heteroatoms. The van der Waals surface area contributed by atoms with Crippen molar-refractivity contribution < 1.29 is 23.0 Å². The molecule has 0 radical (unpaired) electrons. The minimum Gasteiger partial charge on any atom is -0.444 e. The van der Waals surface area contributed by atoms with E-state index in [2.05, 4.69) is 31.3 Å². The lowest BCUT2D eigenvalue weighted by Crippen LogP contribution is -2.46. The van der Waals surface area contributed by atoms with Crippen LogP contribution in [0.2, 0.25) is 0 Å². The van der Waals surface area contributed by atoms with Crippen LogP contribution in [0, 0.1) is 5.41 Å². The number of amides is 1. The predicted molar refractivity (Wildman–Crippen MR) is 132 cm³/mol. The second-order valence-corrected chi connectivity index (χ2v) is 12.0. The Morgan fingerprint density at radius 2 is 1.79 bits per heavy atom. The SMILES string of the molecule is CC1(C)CC=C(c2cc(C3CC4(CF)C=CC(CF)(C3)O4)ccc2NC(=O)OC(C)(C)C)CC1. The number of halogens is 2. The third-order valence-corrected chi connectivity index (χ3v) is 7.20. The summed E-state index contributed by atoms with van der Waals surface area (Å²) >= 11 is 0. The summed E-state index contributed by atoms with van der Waals surface area (Å²) in [6.07, 6.45) is 9.00. The second-order valence-electron chi connectivity index (χ2n) is 12.0. The molecule has 4 nitrogen and oxygen atoms in total. The molecule has 186 valence electrons. The molecule has 3 aliphatic rings. The normalized spacial score (nSPS) is 30.1. The summed E-state index contributed by atoms with van der Waals surface area (Å²) in [5.74, 6) is -0.0507. The zero-order valence-corrected chi connectivity index (χ0v) is 21.0. The van der Waals surface area contributed by atoms with Gasteiger partial charge in [-0.25, -0.2) is 13.6 Å². The van der Waals surface area contributed by atoms with Crippen LogP contribution in [0.25, 0.3) is 5.57 Å². The van der Waals surface area contributed by atoms with Crippen LogP contribution in [0.4, 0.5) is 19.3 Å². The number of rotatable bonds is 5. The molecule has 2 aliphatic heterocycles. The predicted octanol–water partition coefficient (Wildman–Crippen LogP) is 7.51. The fourth-order valence-electron chi connectivity index (χ4n) is 5.32. The van der Waals surface area contributed by atoms with Gasteiger partial charge in [0.05, 0.1) is 5.69 Å². The number of allylic oxidation sites excluding steroid dienone is 2. The van der Waals surface area contributed by atoms with Gasteiger partial charge in [0.25, 0.3) is 0 Å². The molecule has 1 aliphatic carbocycles. The van der Waals surface area contributed by atoms with Crippen LogP contribution in [0.5, 0.6) is 0 Å².